The lowest BCUT2D eigenvalue weighted by Gasteiger charge is -2.25. The van der Waals surface area contributed by atoms with Gasteiger partial charge in [0.25, 0.3) is 0 Å². The number of methoxy groups -OCH3 is 1. The van der Waals surface area contributed by atoms with E-state index in [2.05, 4.69) is 24.8 Å². The molecule has 0 aliphatic carbocycles. The highest BCUT2D eigenvalue weighted by atomic mass is 32.2. The van der Waals surface area contributed by atoms with Crippen LogP contribution in [0.3, 0.4) is 0 Å². The van der Waals surface area contributed by atoms with Crippen LogP contribution in [0.1, 0.15) is 24.8 Å². The van der Waals surface area contributed by atoms with Gasteiger partial charge in [0.15, 0.2) is 5.96 Å². The lowest BCUT2D eigenvalue weighted by atomic mass is 10.2. The van der Waals surface area contributed by atoms with E-state index in [4.69, 9.17) is 4.74 Å². The quantitative estimate of drug-likeness (QED) is 0.366. The summed E-state index contributed by atoms with van der Waals surface area (Å²) in [6.45, 7) is 5.54. The van der Waals surface area contributed by atoms with Gasteiger partial charge in [-0.1, -0.05) is 12.1 Å². The molecule has 1 aromatic rings. The van der Waals surface area contributed by atoms with Crippen LogP contribution in [0.15, 0.2) is 34.2 Å². The molecule has 162 valence electrons. The number of aliphatic imine (C=N–C) groups is 1. The van der Waals surface area contributed by atoms with Gasteiger partial charge in [-0.05, 0) is 50.0 Å². The van der Waals surface area contributed by atoms with Gasteiger partial charge < -0.3 is 15.0 Å². The van der Waals surface area contributed by atoms with Crippen LogP contribution in [0.25, 0.3) is 0 Å². The monoisotopic (exact) mass is 423 g/mol. The van der Waals surface area contributed by atoms with Gasteiger partial charge in [-0.3, -0.25) is 9.89 Å². The third-order valence-corrected chi connectivity index (χ3v) is 7.05. The molecule has 3 rings (SSSR count). The lowest BCUT2D eigenvalue weighted by molar-refractivity contribution is 0.204. The predicted octanol–water partition coefficient (Wildman–Crippen LogP) is 0.857. The van der Waals surface area contributed by atoms with E-state index in [1.165, 1.54) is 32.4 Å². The number of benzene rings is 1. The molecule has 2 aliphatic heterocycles. The van der Waals surface area contributed by atoms with Gasteiger partial charge in [0.05, 0.1) is 11.5 Å². The zero-order valence-corrected chi connectivity index (χ0v) is 18.2. The van der Waals surface area contributed by atoms with E-state index in [1.807, 2.05) is 6.07 Å². The van der Waals surface area contributed by atoms with Gasteiger partial charge >= 0.3 is 0 Å². The summed E-state index contributed by atoms with van der Waals surface area (Å²) < 4.78 is 32.3. The summed E-state index contributed by atoms with van der Waals surface area (Å²) in [6, 6.07) is 7.61. The molecule has 1 aromatic carbocycles. The molecule has 1 unspecified atom stereocenters. The van der Waals surface area contributed by atoms with Crippen molar-refractivity contribution in [2.75, 3.05) is 53.5 Å². The average Bonchev–Trinajstić information content (AvgIpc) is 3.41. The summed E-state index contributed by atoms with van der Waals surface area (Å²) in [5.41, 5.74) is 0.899. The molecule has 1 atom stereocenters. The van der Waals surface area contributed by atoms with Gasteiger partial charge in [0, 0.05) is 46.4 Å². The maximum Gasteiger partial charge on any atom is 0.240 e. The minimum atomic E-state index is -3.54. The van der Waals surface area contributed by atoms with Gasteiger partial charge in [-0.2, -0.15) is 0 Å². The average molecular weight is 424 g/mol. The van der Waals surface area contributed by atoms with Gasteiger partial charge in [0.1, 0.15) is 0 Å². The highest BCUT2D eigenvalue weighted by Gasteiger charge is 2.30. The van der Waals surface area contributed by atoms with Crippen molar-refractivity contribution in [3.63, 3.8) is 0 Å². The maximum absolute atomic E-state index is 12.4. The van der Waals surface area contributed by atoms with E-state index in [1.54, 1.807) is 32.4 Å². The first-order chi connectivity index (χ1) is 14.0. The number of ether oxygens (including phenoxy) is 1. The molecule has 0 bridgehead atoms. The molecule has 8 nitrogen and oxygen atoms in total. The Morgan fingerprint density at radius 2 is 2.07 bits per heavy atom. The number of nitrogens with one attached hydrogen (secondary N) is 2. The topological polar surface area (TPSA) is 86.3 Å². The summed E-state index contributed by atoms with van der Waals surface area (Å²) in [4.78, 5) is 9.59. The largest absolute Gasteiger partial charge is 0.383 e. The molecule has 2 fully saturated rings. The fraction of sp³-hybridized carbons (Fsp3) is 0.650. The zero-order valence-electron chi connectivity index (χ0n) is 17.4. The summed E-state index contributed by atoms with van der Waals surface area (Å²) in [7, 11) is -0.195. The van der Waals surface area contributed by atoms with E-state index < -0.39 is 10.0 Å². The second-order valence-electron chi connectivity index (χ2n) is 7.57. The Morgan fingerprint density at radius 3 is 2.79 bits per heavy atom. The van der Waals surface area contributed by atoms with Crippen LogP contribution in [0.5, 0.6) is 0 Å². The fourth-order valence-electron chi connectivity index (χ4n) is 4.04. The van der Waals surface area contributed by atoms with Gasteiger partial charge in [-0.25, -0.2) is 13.1 Å². The summed E-state index contributed by atoms with van der Waals surface area (Å²) >= 11 is 0. The Kier molecular flexibility index (Phi) is 7.88. The van der Waals surface area contributed by atoms with E-state index in [-0.39, 0.29) is 11.4 Å². The maximum atomic E-state index is 12.4. The number of likely N-dealkylation sites (tertiary alicyclic amines) is 2. The van der Waals surface area contributed by atoms with Crippen LogP contribution in [0.2, 0.25) is 0 Å². The van der Waals surface area contributed by atoms with Crippen LogP contribution in [0.4, 0.5) is 0 Å². The van der Waals surface area contributed by atoms with Crippen molar-refractivity contribution < 1.29 is 13.2 Å². The molecule has 2 N–H and O–H groups in total. The summed E-state index contributed by atoms with van der Waals surface area (Å²) in [5, 5.41) is 3.39. The molecule has 9 heteroatoms. The van der Waals surface area contributed by atoms with Crippen molar-refractivity contribution in [1.29, 1.82) is 0 Å². The molecule has 0 saturated carbocycles. The molecule has 29 heavy (non-hydrogen) atoms. The van der Waals surface area contributed by atoms with E-state index in [0.717, 1.165) is 24.6 Å². The van der Waals surface area contributed by atoms with Crippen molar-refractivity contribution >= 4 is 16.0 Å². The highest BCUT2D eigenvalue weighted by Crippen LogP contribution is 2.20. The normalized spacial score (nSPS) is 21.1. The third-order valence-electron chi connectivity index (χ3n) is 5.59. The Balaban J connectivity index is 1.56. The van der Waals surface area contributed by atoms with Crippen molar-refractivity contribution in [2.45, 2.75) is 36.7 Å². The SMILES string of the molecule is CN=C(NCc1cccc(S(=O)(=O)NCCOC)c1)N1CCC(N2CCCC2)C1. The standard InChI is InChI=1S/C20H33N5O3S/c1-21-20(25-12-8-18(16-25)24-10-3-4-11-24)22-15-17-6-5-7-19(14-17)29(26,27)23-9-13-28-2/h5-7,14,18,23H,3-4,8-13,15-16H2,1-2H3,(H,21,22). The number of rotatable bonds is 8. The van der Waals surface area contributed by atoms with Crippen LogP contribution in [0, 0.1) is 0 Å². The van der Waals surface area contributed by atoms with E-state index in [9.17, 15) is 8.42 Å². The van der Waals surface area contributed by atoms with Crippen LogP contribution < -0.4 is 10.0 Å². The van der Waals surface area contributed by atoms with Crippen LogP contribution in [-0.2, 0) is 21.3 Å². The molecule has 2 heterocycles. The third kappa shape index (κ3) is 5.91. The number of hydrogen-bond donors (Lipinski definition) is 2. The molecule has 0 aromatic heterocycles. The fourth-order valence-corrected chi connectivity index (χ4v) is 5.12. The van der Waals surface area contributed by atoms with Crippen LogP contribution in [-0.4, -0.2) is 83.7 Å². The molecule has 2 saturated heterocycles. The number of hydrogen-bond acceptors (Lipinski definition) is 5. The van der Waals surface area contributed by atoms with Crippen molar-refractivity contribution in [3.05, 3.63) is 29.8 Å². The number of guanidine groups is 1. The molecule has 0 spiro atoms. The Labute approximate surface area is 174 Å². The zero-order chi connectivity index (χ0) is 20.7. The molecule has 0 radical (unpaired) electrons. The van der Waals surface area contributed by atoms with Crippen LogP contribution >= 0.6 is 0 Å². The minimum Gasteiger partial charge on any atom is -0.383 e. The second-order valence-corrected chi connectivity index (χ2v) is 9.34. The summed E-state index contributed by atoms with van der Waals surface area (Å²) in [6.07, 6.45) is 3.79. The number of nitrogens with zero attached hydrogens (tertiary/aromatic N) is 3. The minimum absolute atomic E-state index is 0.251. The predicted molar refractivity (Wildman–Crippen MR) is 114 cm³/mol. The first-order valence-electron chi connectivity index (χ1n) is 10.3. The van der Waals surface area contributed by atoms with Crippen molar-refractivity contribution in [2.24, 2.45) is 4.99 Å². The Hall–Kier alpha value is -1.68. The van der Waals surface area contributed by atoms with E-state index >= 15 is 0 Å². The van der Waals surface area contributed by atoms with Crippen molar-refractivity contribution in [1.82, 2.24) is 19.8 Å². The highest BCUT2D eigenvalue weighted by molar-refractivity contribution is 7.89. The molecular formula is C20H33N5O3S. The van der Waals surface area contributed by atoms with Gasteiger partial charge in [0.2, 0.25) is 10.0 Å². The first kappa shape index (κ1) is 22.0. The van der Waals surface area contributed by atoms with Gasteiger partial charge in [-0.15, -0.1) is 0 Å². The second kappa shape index (κ2) is 10.4. The smallest absolute Gasteiger partial charge is 0.240 e. The lowest BCUT2D eigenvalue weighted by Crippen LogP contribution is -2.42. The molecule has 2 aliphatic rings. The molecular weight excluding hydrogens is 390 g/mol. The Bertz CT molecular complexity index is 793. The van der Waals surface area contributed by atoms with E-state index in [0.29, 0.717) is 19.2 Å². The van der Waals surface area contributed by atoms with Crippen molar-refractivity contribution in [3.8, 4) is 0 Å². The Morgan fingerprint density at radius 1 is 1.28 bits per heavy atom. The number of sulfonamides is 1. The molecule has 0 amide bonds. The summed E-state index contributed by atoms with van der Waals surface area (Å²) in [5.74, 6) is 0.873. The first-order valence-corrected chi connectivity index (χ1v) is 11.8.